The number of ether oxygens (including phenoxy) is 3. The number of amides is 1. The Bertz CT molecular complexity index is 952. The fourth-order valence-corrected chi connectivity index (χ4v) is 3.76. The first-order chi connectivity index (χ1) is 12.7. The summed E-state index contributed by atoms with van der Waals surface area (Å²) in [7, 11) is 0. The minimum Gasteiger partial charge on any atom is -0.454 e. The van der Waals surface area contributed by atoms with Crippen molar-refractivity contribution in [2.24, 2.45) is 0 Å². The van der Waals surface area contributed by atoms with Crippen molar-refractivity contribution < 1.29 is 23.8 Å². The molecule has 1 aliphatic heterocycles. The van der Waals surface area contributed by atoms with Gasteiger partial charge in [0.05, 0.1) is 0 Å². The molecule has 26 heavy (non-hydrogen) atoms. The summed E-state index contributed by atoms with van der Waals surface area (Å²) < 4.78 is 15.5. The van der Waals surface area contributed by atoms with E-state index in [-0.39, 0.29) is 12.5 Å². The second-order valence-corrected chi connectivity index (χ2v) is 6.88. The number of nitrogens with zero attached hydrogens (tertiary/aromatic N) is 1. The van der Waals surface area contributed by atoms with Gasteiger partial charge in [-0.25, -0.2) is 9.78 Å². The van der Waals surface area contributed by atoms with Crippen LogP contribution in [0.4, 0.5) is 5.69 Å². The lowest BCUT2D eigenvalue weighted by atomic mass is 10.3. The highest BCUT2D eigenvalue weighted by molar-refractivity contribution is 7.14. The van der Waals surface area contributed by atoms with Gasteiger partial charge in [0.25, 0.3) is 5.91 Å². The number of hydrogen-bond acceptors (Lipinski definition) is 8. The molecule has 3 aromatic rings. The van der Waals surface area contributed by atoms with Gasteiger partial charge in [0, 0.05) is 28.1 Å². The molecule has 9 heteroatoms. The van der Waals surface area contributed by atoms with Crippen LogP contribution in [0.3, 0.4) is 0 Å². The van der Waals surface area contributed by atoms with Crippen LogP contribution >= 0.6 is 22.7 Å². The predicted octanol–water partition coefficient (Wildman–Crippen LogP) is 3.40. The minimum absolute atomic E-state index is 0.158. The summed E-state index contributed by atoms with van der Waals surface area (Å²) in [6, 6.07) is 6.96. The number of anilines is 1. The van der Waals surface area contributed by atoms with E-state index in [1.807, 2.05) is 16.8 Å². The quantitative estimate of drug-likeness (QED) is 0.674. The summed E-state index contributed by atoms with van der Waals surface area (Å²) in [6.45, 7) is -0.246. The zero-order valence-corrected chi connectivity index (χ0v) is 14.9. The van der Waals surface area contributed by atoms with Crippen molar-refractivity contribution in [3.05, 3.63) is 46.1 Å². The van der Waals surface area contributed by atoms with Gasteiger partial charge in [0.2, 0.25) is 6.79 Å². The van der Waals surface area contributed by atoms with Crippen LogP contribution in [0.25, 0.3) is 10.6 Å². The molecule has 0 radical (unpaired) electrons. The number of carbonyl (C=O) groups is 2. The average Bonchev–Trinajstić information content (AvgIpc) is 3.39. The summed E-state index contributed by atoms with van der Waals surface area (Å²) in [6.07, 6.45) is 0. The van der Waals surface area contributed by atoms with Crippen LogP contribution in [-0.2, 0) is 9.53 Å². The maximum absolute atomic E-state index is 12.0. The van der Waals surface area contributed by atoms with E-state index in [1.54, 1.807) is 34.9 Å². The van der Waals surface area contributed by atoms with Crippen molar-refractivity contribution in [1.82, 2.24) is 4.98 Å². The van der Waals surface area contributed by atoms with E-state index < -0.39 is 18.5 Å². The third-order valence-electron chi connectivity index (χ3n) is 3.47. The minimum atomic E-state index is -0.636. The number of thiazole rings is 1. The Labute approximate surface area is 156 Å². The normalized spacial score (nSPS) is 12.0. The first-order valence-corrected chi connectivity index (χ1v) is 9.36. The first kappa shape index (κ1) is 16.6. The molecule has 3 heterocycles. The number of benzene rings is 1. The molecular weight excluding hydrogens is 376 g/mol. The Morgan fingerprint density at radius 2 is 2.08 bits per heavy atom. The maximum atomic E-state index is 12.0. The Balaban J connectivity index is 1.32. The van der Waals surface area contributed by atoms with Gasteiger partial charge in [-0.3, -0.25) is 4.79 Å². The molecule has 4 rings (SSSR count). The van der Waals surface area contributed by atoms with E-state index >= 15 is 0 Å². The van der Waals surface area contributed by atoms with Gasteiger partial charge in [-0.1, -0.05) is 0 Å². The van der Waals surface area contributed by atoms with E-state index in [9.17, 15) is 9.59 Å². The molecule has 7 nitrogen and oxygen atoms in total. The highest BCUT2D eigenvalue weighted by atomic mass is 32.1. The molecule has 0 saturated carbocycles. The van der Waals surface area contributed by atoms with Crippen LogP contribution in [0, 0.1) is 0 Å². The highest BCUT2D eigenvalue weighted by Gasteiger charge is 2.17. The fourth-order valence-electron chi connectivity index (χ4n) is 2.26. The molecule has 1 aromatic carbocycles. The summed E-state index contributed by atoms with van der Waals surface area (Å²) >= 11 is 2.91. The second kappa shape index (κ2) is 7.14. The van der Waals surface area contributed by atoms with Crippen LogP contribution in [0.1, 0.15) is 10.5 Å². The lowest BCUT2D eigenvalue weighted by Crippen LogP contribution is -2.21. The highest BCUT2D eigenvalue weighted by Crippen LogP contribution is 2.34. The van der Waals surface area contributed by atoms with Crippen LogP contribution in [0.15, 0.2) is 40.4 Å². The molecule has 1 N–H and O–H groups in total. The SMILES string of the molecule is O=C(COC(=O)c1csc(-c2ccsc2)n1)Nc1ccc2c(c1)OCO2. The van der Waals surface area contributed by atoms with Gasteiger partial charge in [0.1, 0.15) is 5.01 Å². The van der Waals surface area contributed by atoms with Crippen molar-refractivity contribution in [3.63, 3.8) is 0 Å². The number of rotatable bonds is 5. The summed E-state index contributed by atoms with van der Waals surface area (Å²) in [5.41, 5.74) is 1.68. The van der Waals surface area contributed by atoms with Crippen LogP contribution in [0.5, 0.6) is 11.5 Å². The average molecular weight is 388 g/mol. The largest absolute Gasteiger partial charge is 0.454 e. The predicted molar refractivity (Wildman–Crippen MR) is 96.9 cm³/mol. The molecule has 2 aromatic heterocycles. The number of thiophene rings is 1. The molecular formula is C17H12N2O5S2. The van der Waals surface area contributed by atoms with Crippen LogP contribution in [-0.4, -0.2) is 30.3 Å². The standard InChI is InChI=1S/C17H12N2O5S2/c20-15(18-11-1-2-13-14(5-11)24-9-23-13)6-22-17(21)12-8-26-16(19-12)10-3-4-25-7-10/h1-5,7-8H,6,9H2,(H,18,20). The van der Waals surface area contributed by atoms with Gasteiger partial charge in [0.15, 0.2) is 23.8 Å². The van der Waals surface area contributed by atoms with E-state index in [2.05, 4.69) is 10.3 Å². The molecule has 0 fully saturated rings. The number of hydrogen-bond donors (Lipinski definition) is 1. The topological polar surface area (TPSA) is 86.8 Å². The van der Waals surface area contributed by atoms with Gasteiger partial charge in [-0.05, 0) is 23.6 Å². The maximum Gasteiger partial charge on any atom is 0.358 e. The Kier molecular flexibility index (Phi) is 4.55. The van der Waals surface area contributed by atoms with Gasteiger partial charge < -0.3 is 19.5 Å². The number of fused-ring (bicyclic) bond motifs is 1. The number of carbonyl (C=O) groups excluding carboxylic acids is 2. The van der Waals surface area contributed by atoms with Crippen molar-refractivity contribution in [1.29, 1.82) is 0 Å². The molecule has 0 saturated heterocycles. The Morgan fingerprint density at radius 3 is 2.92 bits per heavy atom. The van der Waals surface area contributed by atoms with Crippen molar-refractivity contribution in [2.45, 2.75) is 0 Å². The Hall–Kier alpha value is -2.91. The summed E-state index contributed by atoms with van der Waals surface area (Å²) in [4.78, 5) is 28.3. The smallest absolute Gasteiger partial charge is 0.358 e. The molecule has 1 aliphatic rings. The zero-order valence-electron chi connectivity index (χ0n) is 13.3. The third-order valence-corrected chi connectivity index (χ3v) is 5.05. The number of nitrogens with one attached hydrogen (secondary N) is 1. The van der Waals surface area contributed by atoms with Gasteiger partial charge >= 0.3 is 5.97 Å². The monoisotopic (exact) mass is 388 g/mol. The van der Waals surface area contributed by atoms with Gasteiger partial charge in [-0.15, -0.1) is 11.3 Å². The van der Waals surface area contributed by atoms with E-state index in [1.165, 1.54) is 11.3 Å². The Morgan fingerprint density at radius 1 is 1.19 bits per heavy atom. The van der Waals surface area contributed by atoms with E-state index in [0.29, 0.717) is 17.2 Å². The summed E-state index contributed by atoms with van der Waals surface area (Å²) in [5.74, 6) is 0.0942. The molecule has 0 atom stereocenters. The lowest BCUT2D eigenvalue weighted by Gasteiger charge is -2.06. The van der Waals surface area contributed by atoms with E-state index in [4.69, 9.17) is 14.2 Å². The first-order valence-electron chi connectivity index (χ1n) is 7.54. The summed E-state index contributed by atoms with van der Waals surface area (Å²) in [5, 5.41) is 8.88. The van der Waals surface area contributed by atoms with Gasteiger partial charge in [-0.2, -0.15) is 11.3 Å². The second-order valence-electron chi connectivity index (χ2n) is 5.24. The van der Waals surface area contributed by atoms with Crippen molar-refractivity contribution in [2.75, 3.05) is 18.7 Å². The van der Waals surface area contributed by atoms with Crippen molar-refractivity contribution >= 4 is 40.2 Å². The molecule has 0 aliphatic carbocycles. The molecule has 0 spiro atoms. The van der Waals surface area contributed by atoms with Crippen LogP contribution < -0.4 is 14.8 Å². The van der Waals surface area contributed by atoms with Crippen LogP contribution in [0.2, 0.25) is 0 Å². The zero-order chi connectivity index (χ0) is 17.9. The fraction of sp³-hybridized carbons (Fsp3) is 0.118. The lowest BCUT2D eigenvalue weighted by molar-refractivity contribution is -0.119. The molecule has 1 amide bonds. The molecule has 0 unspecified atom stereocenters. The number of esters is 1. The molecule has 0 bridgehead atoms. The van der Waals surface area contributed by atoms with E-state index in [0.717, 1.165) is 10.6 Å². The number of aromatic nitrogens is 1. The molecule has 132 valence electrons. The van der Waals surface area contributed by atoms with Crippen molar-refractivity contribution in [3.8, 4) is 22.1 Å². The third kappa shape index (κ3) is 3.53.